The average molecular weight is 395 g/mol. The van der Waals surface area contributed by atoms with Gasteiger partial charge >= 0.3 is 6.18 Å². The molecule has 0 radical (unpaired) electrons. The number of phenolic OH excluding ortho intramolecular Hbond substituents is 1. The number of nitrogens with zero attached hydrogens (tertiary/aromatic N) is 2. The summed E-state index contributed by atoms with van der Waals surface area (Å²) in [4.78, 5) is 8.55. The molecule has 4 rings (SSSR count). The molecule has 0 amide bonds. The quantitative estimate of drug-likeness (QED) is 0.475. The molecule has 7 heteroatoms. The number of fused-ring (bicyclic) bond motifs is 1. The predicted molar refractivity (Wildman–Crippen MR) is 105 cm³/mol. The zero-order chi connectivity index (χ0) is 20.4. The number of aromatic nitrogens is 2. The van der Waals surface area contributed by atoms with E-state index in [0.29, 0.717) is 16.8 Å². The number of aromatic hydroxyl groups is 1. The number of halogens is 3. The first-order chi connectivity index (χ1) is 13.9. The maximum absolute atomic E-state index is 13.1. The first-order valence-electron chi connectivity index (χ1n) is 8.85. The zero-order valence-electron chi connectivity index (χ0n) is 15.1. The van der Waals surface area contributed by atoms with Crippen LogP contribution in [0.4, 0.5) is 18.9 Å². The largest absolute Gasteiger partial charge is 0.505 e. The van der Waals surface area contributed by atoms with Gasteiger partial charge in [-0.25, -0.2) is 0 Å². The van der Waals surface area contributed by atoms with Crippen molar-refractivity contribution in [2.45, 2.75) is 12.2 Å². The number of rotatable bonds is 4. The SMILES string of the molecule is Oc1c([C@H](Nc2cccc(C(F)(F)F)c2)c2ccccn2)ccc2cccnc12. The van der Waals surface area contributed by atoms with Crippen molar-refractivity contribution in [3.05, 3.63) is 95.9 Å². The van der Waals surface area contributed by atoms with Gasteiger partial charge in [0.05, 0.1) is 17.3 Å². The summed E-state index contributed by atoms with van der Waals surface area (Å²) in [6.45, 7) is 0. The zero-order valence-corrected chi connectivity index (χ0v) is 15.1. The Balaban J connectivity index is 1.81. The number of hydrogen-bond acceptors (Lipinski definition) is 4. The molecule has 0 unspecified atom stereocenters. The van der Waals surface area contributed by atoms with E-state index in [0.717, 1.165) is 17.5 Å². The van der Waals surface area contributed by atoms with E-state index in [1.165, 1.54) is 6.07 Å². The van der Waals surface area contributed by atoms with Gasteiger partial charge in [0.15, 0.2) is 0 Å². The van der Waals surface area contributed by atoms with E-state index in [4.69, 9.17) is 0 Å². The third-order valence-corrected chi connectivity index (χ3v) is 4.57. The van der Waals surface area contributed by atoms with Crippen molar-refractivity contribution >= 4 is 16.6 Å². The molecule has 0 spiro atoms. The fourth-order valence-electron chi connectivity index (χ4n) is 3.19. The first-order valence-corrected chi connectivity index (χ1v) is 8.85. The van der Waals surface area contributed by atoms with Crippen LogP contribution < -0.4 is 5.32 Å². The van der Waals surface area contributed by atoms with Gasteiger partial charge in [-0.1, -0.05) is 30.3 Å². The monoisotopic (exact) mass is 395 g/mol. The fourth-order valence-corrected chi connectivity index (χ4v) is 3.19. The highest BCUT2D eigenvalue weighted by molar-refractivity contribution is 5.86. The van der Waals surface area contributed by atoms with Crippen LogP contribution in [0.2, 0.25) is 0 Å². The third-order valence-electron chi connectivity index (χ3n) is 4.57. The van der Waals surface area contributed by atoms with Gasteiger partial charge in [0.2, 0.25) is 0 Å². The van der Waals surface area contributed by atoms with E-state index in [-0.39, 0.29) is 11.4 Å². The number of anilines is 1. The lowest BCUT2D eigenvalue weighted by atomic mass is 9.99. The van der Waals surface area contributed by atoms with Gasteiger partial charge in [-0.3, -0.25) is 9.97 Å². The maximum atomic E-state index is 13.1. The topological polar surface area (TPSA) is 58.0 Å². The lowest BCUT2D eigenvalue weighted by molar-refractivity contribution is -0.137. The summed E-state index contributed by atoms with van der Waals surface area (Å²) in [7, 11) is 0. The highest BCUT2D eigenvalue weighted by Crippen LogP contribution is 2.37. The lowest BCUT2D eigenvalue weighted by Crippen LogP contribution is -2.15. The van der Waals surface area contributed by atoms with Crippen LogP contribution in [0.3, 0.4) is 0 Å². The number of phenols is 1. The van der Waals surface area contributed by atoms with Crippen molar-refractivity contribution in [1.29, 1.82) is 0 Å². The number of benzene rings is 2. The molecule has 0 bridgehead atoms. The molecule has 0 saturated carbocycles. The summed E-state index contributed by atoms with van der Waals surface area (Å²) in [5.74, 6) is -0.0433. The molecule has 2 aromatic carbocycles. The van der Waals surface area contributed by atoms with Gasteiger partial charge in [-0.05, 0) is 36.4 Å². The average Bonchev–Trinajstić information content (AvgIpc) is 2.73. The summed E-state index contributed by atoms with van der Waals surface area (Å²) < 4.78 is 39.3. The van der Waals surface area contributed by atoms with E-state index >= 15 is 0 Å². The Kier molecular flexibility index (Phi) is 4.80. The molecule has 146 valence electrons. The van der Waals surface area contributed by atoms with Crippen LogP contribution in [0, 0.1) is 0 Å². The van der Waals surface area contributed by atoms with Crippen LogP contribution in [0.5, 0.6) is 5.75 Å². The minimum Gasteiger partial charge on any atom is -0.505 e. The van der Waals surface area contributed by atoms with Gasteiger partial charge in [-0.15, -0.1) is 0 Å². The van der Waals surface area contributed by atoms with Crippen molar-refractivity contribution in [2.24, 2.45) is 0 Å². The van der Waals surface area contributed by atoms with E-state index in [9.17, 15) is 18.3 Å². The van der Waals surface area contributed by atoms with Gasteiger partial charge in [0.25, 0.3) is 0 Å². The van der Waals surface area contributed by atoms with E-state index in [2.05, 4.69) is 15.3 Å². The maximum Gasteiger partial charge on any atom is 0.416 e. The molecule has 0 aliphatic rings. The van der Waals surface area contributed by atoms with E-state index in [1.54, 1.807) is 54.9 Å². The van der Waals surface area contributed by atoms with Gasteiger partial charge in [0, 0.05) is 29.0 Å². The molecule has 1 atom stereocenters. The first kappa shape index (κ1) is 18.7. The van der Waals surface area contributed by atoms with Crippen molar-refractivity contribution in [1.82, 2.24) is 9.97 Å². The number of hydrogen-bond donors (Lipinski definition) is 2. The number of pyridine rings is 2. The fraction of sp³-hybridized carbons (Fsp3) is 0.0909. The molecule has 4 nitrogen and oxygen atoms in total. The molecule has 0 aliphatic carbocycles. The normalized spacial score (nSPS) is 12.7. The van der Waals surface area contributed by atoms with Crippen molar-refractivity contribution in [3.8, 4) is 5.75 Å². The second-order valence-electron chi connectivity index (χ2n) is 6.49. The lowest BCUT2D eigenvalue weighted by Gasteiger charge is -2.22. The Morgan fingerprint density at radius 2 is 1.69 bits per heavy atom. The Morgan fingerprint density at radius 3 is 2.45 bits per heavy atom. The molecule has 2 heterocycles. The van der Waals surface area contributed by atoms with Crippen LogP contribution in [-0.4, -0.2) is 15.1 Å². The van der Waals surface area contributed by atoms with Crippen LogP contribution in [0.25, 0.3) is 10.9 Å². The van der Waals surface area contributed by atoms with Crippen LogP contribution in [0.1, 0.15) is 22.9 Å². The molecular weight excluding hydrogens is 379 g/mol. The Bertz CT molecular complexity index is 1150. The van der Waals surface area contributed by atoms with Gasteiger partial charge in [0.1, 0.15) is 11.3 Å². The highest BCUT2D eigenvalue weighted by Gasteiger charge is 2.31. The molecule has 4 aromatic rings. The summed E-state index contributed by atoms with van der Waals surface area (Å²) in [5, 5.41) is 14.7. The molecule has 2 N–H and O–H groups in total. The summed E-state index contributed by atoms with van der Waals surface area (Å²) in [5.41, 5.74) is 0.933. The summed E-state index contributed by atoms with van der Waals surface area (Å²) in [6, 6.07) is 16.6. The van der Waals surface area contributed by atoms with Crippen LogP contribution in [-0.2, 0) is 6.18 Å². The molecule has 2 aromatic heterocycles. The Labute approximate surface area is 164 Å². The second-order valence-corrected chi connectivity index (χ2v) is 6.49. The second kappa shape index (κ2) is 7.43. The Morgan fingerprint density at radius 1 is 0.862 bits per heavy atom. The van der Waals surface area contributed by atoms with E-state index in [1.807, 2.05) is 6.07 Å². The van der Waals surface area contributed by atoms with Crippen LogP contribution in [0.15, 0.2) is 79.1 Å². The van der Waals surface area contributed by atoms with Gasteiger partial charge < -0.3 is 10.4 Å². The van der Waals surface area contributed by atoms with Gasteiger partial charge in [-0.2, -0.15) is 13.2 Å². The van der Waals surface area contributed by atoms with E-state index < -0.39 is 17.8 Å². The predicted octanol–water partition coefficient (Wildman–Crippen LogP) is 5.56. The van der Waals surface area contributed by atoms with Crippen molar-refractivity contribution in [3.63, 3.8) is 0 Å². The molecular formula is C22H16F3N3O. The smallest absolute Gasteiger partial charge is 0.416 e. The van der Waals surface area contributed by atoms with Crippen molar-refractivity contribution in [2.75, 3.05) is 5.32 Å². The van der Waals surface area contributed by atoms with Crippen LogP contribution >= 0.6 is 0 Å². The third kappa shape index (κ3) is 3.85. The standard InChI is InChI=1S/C22H16F3N3O/c23-22(24,25)15-6-3-7-16(13-15)28-20(18-8-1-2-11-26-18)17-10-9-14-5-4-12-27-19(14)21(17)29/h1-13,20,28-29H/t20-/m0/s1. The Hall–Kier alpha value is -3.61. The van der Waals surface area contributed by atoms with Crippen molar-refractivity contribution < 1.29 is 18.3 Å². The minimum absolute atomic E-state index is 0.0433. The number of nitrogens with one attached hydrogen (secondary N) is 1. The number of alkyl halides is 3. The molecule has 0 saturated heterocycles. The summed E-state index contributed by atoms with van der Waals surface area (Å²) >= 11 is 0. The summed E-state index contributed by atoms with van der Waals surface area (Å²) in [6.07, 6.45) is -1.29. The minimum atomic E-state index is -4.45. The highest BCUT2D eigenvalue weighted by atomic mass is 19.4. The molecule has 0 fully saturated rings. The molecule has 29 heavy (non-hydrogen) atoms. The molecule has 0 aliphatic heterocycles.